The van der Waals surface area contributed by atoms with Crippen LogP contribution in [0, 0.1) is 11.3 Å². The van der Waals surface area contributed by atoms with E-state index in [1.807, 2.05) is 36.4 Å². The van der Waals surface area contributed by atoms with Crippen molar-refractivity contribution in [2.75, 3.05) is 18.6 Å². The van der Waals surface area contributed by atoms with E-state index in [1.54, 1.807) is 25.1 Å². The number of aromatic nitrogens is 2. The van der Waals surface area contributed by atoms with Crippen molar-refractivity contribution in [3.63, 3.8) is 0 Å². The van der Waals surface area contributed by atoms with Gasteiger partial charge in [0.25, 0.3) is 0 Å². The van der Waals surface area contributed by atoms with E-state index in [0.717, 1.165) is 28.4 Å². The minimum absolute atomic E-state index is 0.0288. The van der Waals surface area contributed by atoms with Crippen LogP contribution in [0.2, 0.25) is 0 Å². The van der Waals surface area contributed by atoms with Crippen molar-refractivity contribution in [2.45, 2.75) is 11.5 Å². The third-order valence-electron chi connectivity index (χ3n) is 3.70. The van der Waals surface area contributed by atoms with Crippen LogP contribution < -0.4 is 16.2 Å². The quantitative estimate of drug-likeness (QED) is 0.680. The van der Waals surface area contributed by atoms with Crippen molar-refractivity contribution in [2.24, 2.45) is 0 Å². The highest BCUT2D eigenvalue weighted by Gasteiger charge is 2.15. The first-order chi connectivity index (χ1) is 12.6. The third-order valence-corrected chi connectivity index (χ3v) is 4.71. The number of ether oxygens (including phenoxy) is 1. The molecule has 8 heteroatoms. The van der Waals surface area contributed by atoms with E-state index in [9.17, 15) is 5.26 Å². The first-order valence-electron chi connectivity index (χ1n) is 7.73. The van der Waals surface area contributed by atoms with Crippen molar-refractivity contribution < 1.29 is 9.15 Å². The molecule has 0 atom stereocenters. The number of furan rings is 1. The largest absolute Gasteiger partial charge is 0.496 e. The Hall–Kier alpha value is -3.18. The van der Waals surface area contributed by atoms with Gasteiger partial charge in [-0.05, 0) is 30.3 Å². The molecule has 2 heterocycles. The SMILES string of the molecule is COc1ccc(-c2nc(N)nc(N)c2C#N)cc1CSCc1ccco1. The number of nitrogen functional groups attached to an aromatic ring is 2. The van der Waals surface area contributed by atoms with Gasteiger partial charge in [0, 0.05) is 16.9 Å². The Morgan fingerprint density at radius 3 is 2.77 bits per heavy atom. The lowest BCUT2D eigenvalue weighted by Gasteiger charge is -2.12. The molecule has 0 spiro atoms. The van der Waals surface area contributed by atoms with Gasteiger partial charge in [-0.15, -0.1) is 11.8 Å². The number of thioether (sulfide) groups is 1. The van der Waals surface area contributed by atoms with Crippen molar-refractivity contribution in [1.29, 1.82) is 5.26 Å². The summed E-state index contributed by atoms with van der Waals surface area (Å²) in [5.41, 5.74) is 13.8. The maximum Gasteiger partial charge on any atom is 0.222 e. The highest BCUT2D eigenvalue weighted by Crippen LogP contribution is 2.32. The molecule has 0 amide bonds. The van der Waals surface area contributed by atoms with E-state index >= 15 is 0 Å². The van der Waals surface area contributed by atoms with Crippen LogP contribution >= 0.6 is 11.8 Å². The normalized spacial score (nSPS) is 10.5. The van der Waals surface area contributed by atoms with E-state index in [0.29, 0.717) is 11.4 Å². The number of methoxy groups -OCH3 is 1. The molecule has 132 valence electrons. The summed E-state index contributed by atoms with van der Waals surface area (Å²) in [5, 5.41) is 9.38. The molecule has 0 unspecified atom stereocenters. The summed E-state index contributed by atoms with van der Waals surface area (Å²) in [5.74, 6) is 3.22. The zero-order valence-corrected chi connectivity index (χ0v) is 14.9. The van der Waals surface area contributed by atoms with Gasteiger partial charge in [-0.2, -0.15) is 10.2 Å². The molecule has 0 aliphatic carbocycles. The molecule has 0 aliphatic rings. The number of nitrogens with two attached hydrogens (primary N) is 2. The van der Waals surface area contributed by atoms with Gasteiger partial charge in [0.15, 0.2) is 0 Å². The molecule has 26 heavy (non-hydrogen) atoms. The average molecular weight is 367 g/mol. The number of nitrogens with zero attached hydrogens (tertiary/aromatic N) is 3. The van der Waals surface area contributed by atoms with E-state index in [-0.39, 0.29) is 17.3 Å². The van der Waals surface area contributed by atoms with Crippen LogP contribution in [-0.4, -0.2) is 17.1 Å². The van der Waals surface area contributed by atoms with Gasteiger partial charge in [-0.25, -0.2) is 4.98 Å². The van der Waals surface area contributed by atoms with Crippen molar-refractivity contribution in [1.82, 2.24) is 9.97 Å². The highest BCUT2D eigenvalue weighted by atomic mass is 32.2. The van der Waals surface area contributed by atoms with Crippen LogP contribution in [0.15, 0.2) is 41.0 Å². The zero-order valence-electron chi connectivity index (χ0n) is 14.1. The lowest BCUT2D eigenvalue weighted by Crippen LogP contribution is -2.05. The van der Waals surface area contributed by atoms with Crippen LogP contribution in [0.1, 0.15) is 16.9 Å². The fourth-order valence-electron chi connectivity index (χ4n) is 2.51. The second kappa shape index (κ2) is 7.80. The van der Waals surface area contributed by atoms with Gasteiger partial charge in [0.2, 0.25) is 5.95 Å². The molecule has 0 aliphatic heterocycles. The van der Waals surface area contributed by atoms with Crippen LogP contribution in [0.5, 0.6) is 5.75 Å². The first kappa shape index (κ1) is 17.6. The maximum atomic E-state index is 9.38. The molecule has 7 nitrogen and oxygen atoms in total. The van der Waals surface area contributed by atoms with Crippen molar-refractivity contribution in [3.05, 3.63) is 53.5 Å². The lowest BCUT2D eigenvalue weighted by atomic mass is 10.0. The third kappa shape index (κ3) is 3.73. The van der Waals surface area contributed by atoms with Gasteiger partial charge in [0.1, 0.15) is 29.0 Å². The molecule has 0 saturated heterocycles. The molecule has 1 aromatic carbocycles. The maximum absolute atomic E-state index is 9.38. The van der Waals surface area contributed by atoms with E-state index in [4.69, 9.17) is 20.6 Å². The standard InChI is InChI=1S/C18H17N5O2S/c1-24-15-5-4-11(16-14(8-19)17(20)23-18(21)22-16)7-12(15)9-26-10-13-3-2-6-25-13/h2-7H,9-10H2,1H3,(H4,20,21,22,23). The number of benzene rings is 1. The molecule has 3 rings (SSSR count). The van der Waals surface area contributed by atoms with Crippen molar-refractivity contribution >= 4 is 23.5 Å². The molecule has 0 saturated carbocycles. The van der Waals surface area contributed by atoms with E-state index in [2.05, 4.69) is 9.97 Å². The molecule has 0 radical (unpaired) electrons. The molecule has 4 N–H and O–H groups in total. The molecular formula is C18H17N5O2S. The van der Waals surface area contributed by atoms with E-state index in [1.165, 1.54) is 0 Å². The Balaban J connectivity index is 1.91. The fourth-order valence-corrected chi connectivity index (χ4v) is 3.42. The number of hydrogen-bond acceptors (Lipinski definition) is 8. The Labute approximate surface area is 155 Å². The molecule has 0 bridgehead atoms. The molecular weight excluding hydrogens is 350 g/mol. The Morgan fingerprint density at radius 2 is 2.08 bits per heavy atom. The lowest BCUT2D eigenvalue weighted by molar-refractivity contribution is 0.411. The number of anilines is 2. The smallest absolute Gasteiger partial charge is 0.222 e. The minimum Gasteiger partial charge on any atom is -0.496 e. The fraction of sp³-hybridized carbons (Fsp3) is 0.167. The topological polar surface area (TPSA) is 124 Å². The van der Waals surface area contributed by atoms with Crippen LogP contribution in [0.3, 0.4) is 0 Å². The molecule has 0 fully saturated rings. The highest BCUT2D eigenvalue weighted by molar-refractivity contribution is 7.97. The van der Waals surface area contributed by atoms with Gasteiger partial charge < -0.3 is 20.6 Å². The van der Waals surface area contributed by atoms with Gasteiger partial charge in [-0.1, -0.05) is 0 Å². The second-order valence-electron chi connectivity index (χ2n) is 5.40. The van der Waals surface area contributed by atoms with Crippen molar-refractivity contribution in [3.8, 4) is 23.1 Å². The number of rotatable bonds is 6. The van der Waals surface area contributed by atoms with Crippen LogP contribution in [0.25, 0.3) is 11.3 Å². The molecule has 2 aromatic heterocycles. The van der Waals surface area contributed by atoms with Crippen LogP contribution in [0.4, 0.5) is 11.8 Å². The summed E-state index contributed by atoms with van der Waals surface area (Å²) in [4.78, 5) is 8.04. The summed E-state index contributed by atoms with van der Waals surface area (Å²) in [6, 6.07) is 11.4. The summed E-state index contributed by atoms with van der Waals surface area (Å²) in [6.45, 7) is 0. The minimum atomic E-state index is 0.0288. The monoisotopic (exact) mass is 367 g/mol. The Morgan fingerprint density at radius 1 is 1.23 bits per heavy atom. The van der Waals surface area contributed by atoms with Crippen LogP contribution in [-0.2, 0) is 11.5 Å². The molecule has 3 aromatic rings. The Bertz CT molecular complexity index is 951. The van der Waals surface area contributed by atoms with Gasteiger partial charge >= 0.3 is 0 Å². The second-order valence-corrected chi connectivity index (χ2v) is 6.39. The summed E-state index contributed by atoms with van der Waals surface area (Å²) in [7, 11) is 1.62. The summed E-state index contributed by atoms with van der Waals surface area (Å²) < 4.78 is 10.8. The van der Waals surface area contributed by atoms with Gasteiger partial charge in [-0.3, -0.25) is 0 Å². The Kier molecular flexibility index (Phi) is 5.29. The summed E-state index contributed by atoms with van der Waals surface area (Å²) in [6.07, 6.45) is 1.66. The van der Waals surface area contributed by atoms with Gasteiger partial charge in [0.05, 0.1) is 24.8 Å². The summed E-state index contributed by atoms with van der Waals surface area (Å²) >= 11 is 1.69. The first-order valence-corrected chi connectivity index (χ1v) is 8.88. The number of nitriles is 1. The van der Waals surface area contributed by atoms with E-state index < -0.39 is 0 Å². The average Bonchev–Trinajstić information content (AvgIpc) is 3.14. The zero-order chi connectivity index (χ0) is 18.5. The predicted octanol–water partition coefficient (Wildman–Crippen LogP) is 3.21. The number of hydrogen-bond donors (Lipinski definition) is 2. The predicted molar refractivity (Wildman–Crippen MR) is 101 cm³/mol.